The molecule has 2 heterocycles. The number of ether oxygens (including phenoxy) is 1. The summed E-state index contributed by atoms with van der Waals surface area (Å²) in [5, 5.41) is 0. The summed E-state index contributed by atoms with van der Waals surface area (Å²) in [6.45, 7) is 7.04. The standard InChI is InChI=1S/C12H15BFNO3/c1-9-12(2,3)18-13(17-9)10-6-11(8-15-7-10)16-5-4-14/h6-8H,1,4-5H2,2-3H3. The Balaban J connectivity index is 2.12. The van der Waals surface area contributed by atoms with Crippen LogP contribution in [0, 0.1) is 0 Å². The summed E-state index contributed by atoms with van der Waals surface area (Å²) >= 11 is 0. The van der Waals surface area contributed by atoms with E-state index in [1.165, 1.54) is 6.20 Å². The molecular weight excluding hydrogens is 236 g/mol. The van der Waals surface area contributed by atoms with Crippen molar-refractivity contribution < 1.29 is 18.4 Å². The first-order chi connectivity index (χ1) is 8.53. The number of halogens is 1. The third kappa shape index (κ3) is 2.64. The van der Waals surface area contributed by atoms with Crippen molar-refractivity contribution in [3.63, 3.8) is 0 Å². The second-order valence-electron chi connectivity index (χ2n) is 4.49. The van der Waals surface area contributed by atoms with Crippen LogP contribution in [-0.2, 0) is 9.31 Å². The van der Waals surface area contributed by atoms with Crippen molar-refractivity contribution in [2.45, 2.75) is 19.4 Å². The van der Waals surface area contributed by atoms with Crippen LogP contribution >= 0.6 is 0 Å². The third-order valence-corrected chi connectivity index (χ3v) is 2.67. The molecule has 0 N–H and O–H groups in total. The molecule has 4 nitrogen and oxygen atoms in total. The van der Waals surface area contributed by atoms with Gasteiger partial charge in [-0.25, -0.2) is 4.39 Å². The molecule has 0 atom stereocenters. The molecule has 0 saturated carbocycles. The van der Waals surface area contributed by atoms with E-state index in [0.717, 1.165) is 5.46 Å². The summed E-state index contributed by atoms with van der Waals surface area (Å²) in [6, 6.07) is 1.72. The van der Waals surface area contributed by atoms with Crippen molar-refractivity contribution in [3.05, 3.63) is 30.8 Å². The molecule has 1 aliphatic rings. The highest BCUT2D eigenvalue weighted by Gasteiger charge is 2.43. The van der Waals surface area contributed by atoms with Gasteiger partial charge in [0.25, 0.3) is 0 Å². The van der Waals surface area contributed by atoms with E-state index in [0.29, 0.717) is 11.5 Å². The van der Waals surface area contributed by atoms with Gasteiger partial charge in [-0.15, -0.1) is 0 Å². The van der Waals surface area contributed by atoms with Crippen molar-refractivity contribution in [1.29, 1.82) is 0 Å². The van der Waals surface area contributed by atoms with Crippen LogP contribution in [0.5, 0.6) is 5.75 Å². The molecule has 0 unspecified atom stereocenters. The van der Waals surface area contributed by atoms with Crippen molar-refractivity contribution in [3.8, 4) is 5.75 Å². The first-order valence-electron chi connectivity index (χ1n) is 5.70. The van der Waals surface area contributed by atoms with E-state index in [1.54, 1.807) is 12.3 Å². The topological polar surface area (TPSA) is 40.6 Å². The van der Waals surface area contributed by atoms with Crippen LogP contribution in [0.1, 0.15) is 13.8 Å². The lowest BCUT2D eigenvalue weighted by Crippen LogP contribution is -2.34. The Hall–Kier alpha value is -1.56. The molecule has 0 aliphatic carbocycles. The Morgan fingerprint density at radius 3 is 2.89 bits per heavy atom. The third-order valence-electron chi connectivity index (χ3n) is 2.67. The van der Waals surface area contributed by atoms with E-state index in [1.807, 2.05) is 13.8 Å². The van der Waals surface area contributed by atoms with Crippen molar-refractivity contribution in [2.24, 2.45) is 0 Å². The molecule has 0 bridgehead atoms. The first-order valence-corrected chi connectivity index (χ1v) is 5.70. The Kier molecular flexibility index (Phi) is 3.56. The zero-order valence-electron chi connectivity index (χ0n) is 10.5. The number of rotatable bonds is 4. The van der Waals surface area contributed by atoms with E-state index < -0.39 is 19.4 Å². The van der Waals surface area contributed by atoms with E-state index in [4.69, 9.17) is 14.0 Å². The lowest BCUT2D eigenvalue weighted by atomic mass is 9.80. The molecule has 6 heteroatoms. The van der Waals surface area contributed by atoms with Gasteiger partial charge in [0.1, 0.15) is 24.6 Å². The van der Waals surface area contributed by atoms with E-state index >= 15 is 0 Å². The maximum Gasteiger partial charge on any atom is 0.565 e. The number of alkyl halides is 1. The fourth-order valence-corrected chi connectivity index (χ4v) is 1.56. The maximum absolute atomic E-state index is 12.0. The van der Waals surface area contributed by atoms with Gasteiger partial charge in [-0.1, -0.05) is 6.58 Å². The minimum Gasteiger partial charge on any atom is -0.534 e. The van der Waals surface area contributed by atoms with Crippen LogP contribution in [0.3, 0.4) is 0 Å². The van der Waals surface area contributed by atoms with Gasteiger partial charge in [0.15, 0.2) is 0 Å². The molecule has 0 aromatic carbocycles. The Morgan fingerprint density at radius 1 is 1.50 bits per heavy atom. The number of hydrogen-bond acceptors (Lipinski definition) is 4. The van der Waals surface area contributed by atoms with E-state index in [2.05, 4.69) is 11.6 Å². The summed E-state index contributed by atoms with van der Waals surface area (Å²) in [5.74, 6) is 1.07. The molecular formula is C12H15BFNO3. The lowest BCUT2D eigenvalue weighted by molar-refractivity contribution is 0.173. The van der Waals surface area contributed by atoms with Gasteiger partial charge in [0, 0.05) is 11.7 Å². The Labute approximate surface area is 106 Å². The molecule has 2 rings (SSSR count). The van der Waals surface area contributed by atoms with Crippen LogP contribution in [0.4, 0.5) is 4.39 Å². The lowest BCUT2D eigenvalue weighted by Gasteiger charge is -2.15. The van der Waals surface area contributed by atoms with Crippen molar-refractivity contribution >= 4 is 12.6 Å². The molecule has 1 fully saturated rings. The van der Waals surface area contributed by atoms with Crippen molar-refractivity contribution in [1.82, 2.24) is 4.98 Å². The monoisotopic (exact) mass is 251 g/mol. The predicted molar refractivity (Wildman–Crippen MR) is 66.5 cm³/mol. The van der Waals surface area contributed by atoms with Gasteiger partial charge in [-0.2, -0.15) is 0 Å². The number of hydrogen-bond donors (Lipinski definition) is 0. The molecule has 1 aromatic heterocycles. The number of aromatic nitrogens is 1. The van der Waals surface area contributed by atoms with E-state index in [-0.39, 0.29) is 6.61 Å². The normalized spacial score (nSPS) is 17.7. The molecule has 1 aromatic rings. The zero-order valence-corrected chi connectivity index (χ0v) is 10.5. The molecule has 96 valence electrons. The minimum atomic E-state index is -0.547. The Morgan fingerprint density at radius 2 is 2.28 bits per heavy atom. The Bertz CT molecular complexity index is 453. The fraction of sp³-hybridized carbons (Fsp3) is 0.417. The fourth-order valence-electron chi connectivity index (χ4n) is 1.56. The average molecular weight is 251 g/mol. The highest BCUT2D eigenvalue weighted by Crippen LogP contribution is 2.29. The van der Waals surface area contributed by atoms with Crippen LogP contribution in [0.25, 0.3) is 0 Å². The predicted octanol–water partition coefficient (Wildman–Crippen LogP) is 1.46. The summed E-state index contributed by atoms with van der Waals surface area (Å²) in [7, 11) is -0.547. The van der Waals surface area contributed by atoms with Gasteiger partial charge in [0.2, 0.25) is 0 Å². The molecule has 1 saturated heterocycles. The summed E-state index contributed by atoms with van der Waals surface area (Å²) < 4.78 is 28.4. The van der Waals surface area contributed by atoms with Gasteiger partial charge in [0.05, 0.1) is 12.0 Å². The van der Waals surface area contributed by atoms with Gasteiger partial charge in [-0.05, 0) is 19.9 Å². The molecule has 0 radical (unpaired) electrons. The maximum atomic E-state index is 12.0. The van der Waals surface area contributed by atoms with Gasteiger partial charge >= 0.3 is 7.12 Å². The minimum absolute atomic E-state index is 0.00964. The highest BCUT2D eigenvalue weighted by atomic mass is 19.1. The van der Waals surface area contributed by atoms with Crippen molar-refractivity contribution in [2.75, 3.05) is 13.3 Å². The van der Waals surface area contributed by atoms with Gasteiger partial charge in [-0.3, -0.25) is 4.98 Å². The van der Waals surface area contributed by atoms with Gasteiger partial charge < -0.3 is 14.0 Å². The average Bonchev–Trinajstić information content (AvgIpc) is 2.62. The van der Waals surface area contributed by atoms with Crippen LogP contribution in [0.2, 0.25) is 0 Å². The molecule has 18 heavy (non-hydrogen) atoms. The molecule has 1 aliphatic heterocycles. The zero-order chi connectivity index (χ0) is 13.2. The summed E-state index contributed by atoms with van der Waals surface area (Å²) in [4.78, 5) is 4.02. The van der Waals surface area contributed by atoms with Crippen LogP contribution < -0.4 is 10.2 Å². The number of nitrogens with zero attached hydrogens (tertiary/aromatic N) is 1. The smallest absolute Gasteiger partial charge is 0.534 e. The van der Waals surface area contributed by atoms with E-state index in [9.17, 15) is 4.39 Å². The largest absolute Gasteiger partial charge is 0.565 e. The first kappa shape index (κ1) is 12.9. The number of pyridine rings is 1. The SMILES string of the molecule is C=C1OB(c2cncc(OCCF)c2)OC1(C)C. The molecule has 0 spiro atoms. The second kappa shape index (κ2) is 4.98. The summed E-state index contributed by atoms with van der Waals surface area (Å²) in [6.07, 6.45) is 3.15. The van der Waals surface area contributed by atoms with Crippen LogP contribution in [0.15, 0.2) is 30.8 Å². The highest BCUT2D eigenvalue weighted by molar-refractivity contribution is 6.62. The molecule has 0 amide bonds. The van der Waals surface area contributed by atoms with Crippen LogP contribution in [-0.4, -0.2) is 31.0 Å². The quantitative estimate of drug-likeness (QED) is 0.759. The second-order valence-corrected chi connectivity index (χ2v) is 4.49. The summed E-state index contributed by atoms with van der Waals surface area (Å²) in [5.41, 5.74) is 0.193.